The van der Waals surface area contributed by atoms with Gasteiger partial charge in [-0.15, -0.1) is 0 Å². The summed E-state index contributed by atoms with van der Waals surface area (Å²) in [6, 6.07) is 3.83. The molecule has 0 spiro atoms. The van der Waals surface area contributed by atoms with Gasteiger partial charge in [0.25, 0.3) is 5.91 Å². The molecule has 0 aromatic heterocycles. The molecule has 1 amide bonds. The molecule has 0 saturated heterocycles. The fraction of sp³-hybridized carbons (Fsp3) is 0.417. The first kappa shape index (κ1) is 12.4. The van der Waals surface area contributed by atoms with Crippen LogP contribution < -0.4 is 5.32 Å². The highest BCUT2D eigenvalue weighted by molar-refractivity contribution is 9.09. The number of rotatable bonds is 3. The Hall–Kier alpha value is -1.10. The van der Waals surface area contributed by atoms with Gasteiger partial charge in [0.2, 0.25) is 0 Å². The van der Waals surface area contributed by atoms with Crippen molar-refractivity contribution in [3.8, 4) is 5.75 Å². The highest BCUT2D eigenvalue weighted by Gasteiger charge is 2.38. The van der Waals surface area contributed by atoms with Crippen LogP contribution in [0, 0.1) is 5.82 Å². The van der Waals surface area contributed by atoms with Gasteiger partial charge in [-0.05, 0) is 31.4 Å². The molecule has 0 atom stereocenters. The number of carbonyl (C=O) groups is 1. The molecular weight excluding hydrogens is 289 g/mol. The second-order valence-electron chi connectivity index (χ2n) is 4.36. The van der Waals surface area contributed by atoms with Gasteiger partial charge >= 0.3 is 0 Å². The summed E-state index contributed by atoms with van der Waals surface area (Å²) in [6.07, 6.45) is 2.80. The Morgan fingerprint density at radius 1 is 1.53 bits per heavy atom. The van der Waals surface area contributed by atoms with Crippen LogP contribution in [0.3, 0.4) is 0 Å². The van der Waals surface area contributed by atoms with Crippen LogP contribution in [0.5, 0.6) is 5.75 Å². The van der Waals surface area contributed by atoms with Crippen LogP contribution in [-0.2, 0) is 0 Å². The summed E-state index contributed by atoms with van der Waals surface area (Å²) in [6.45, 7) is 0. The number of aromatic hydroxyl groups is 1. The van der Waals surface area contributed by atoms with Gasteiger partial charge in [-0.3, -0.25) is 4.79 Å². The molecule has 1 aliphatic carbocycles. The SMILES string of the molecule is O=C(NC1(CBr)CCC1)c1c(O)cccc1F. The van der Waals surface area contributed by atoms with Crippen molar-refractivity contribution in [3.63, 3.8) is 0 Å². The molecule has 1 aromatic rings. The molecule has 0 bridgehead atoms. The van der Waals surface area contributed by atoms with E-state index in [1.807, 2.05) is 0 Å². The lowest BCUT2D eigenvalue weighted by atomic mass is 9.78. The predicted octanol–water partition coefficient (Wildman–Crippen LogP) is 2.58. The average molecular weight is 302 g/mol. The first-order chi connectivity index (χ1) is 8.08. The fourth-order valence-corrected chi connectivity index (χ4v) is 2.64. The largest absolute Gasteiger partial charge is 0.507 e. The Labute approximate surface area is 107 Å². The standard InChI is InChI=1S/C12H13BrFNO2/c13-7-12(5-2-6-12)15-11(17)10-8(14)3-1-4-9(10)16/h1,3-4,16H,2,5-7H2,(H,15,17). The van der Waals surface area contributed by atoms with Crippen LogP contribution in [0.2, 0.25) is 0 Å². The molecule has 2 rings (SSSR count). The number of carbonyl (C=O) groups excluding carboxylic acids is 1. The first-order valence-electron chi connectivity index (χ1n) is 5.44. The van der Waals surface area contributed by atoms with Crippen LogP contribution in [-0.4, -0.2) is 21.9 Å². The molecule has 0 heterocycles. The molecular formula is C12H13BrFNO2. The number of alkyl halides is 1. The predicted molar refractivity (Wildman–Crippen MR) is 65.9 cm³/mol. The van der Waals surface area contributed by atoms with Crippen LogP contribution >= 0.6 is 15.9 Å². The fourth-order valence-electron chi connectivity index (χ4n) is 1.94. The van der Waals surface area contributed by atoms with E-state index in [0.29, 0.717) is 5.33 Å². The third kappa shape index (κ3) is 2.29. The summed E-state index contributed by atoms with van der Waals surface area (Å²) in [5.74, 6) is -1.59. The summed E-state index contributed by atoms with van der Waals surface area (Å²) in [7, 11) is 0. The minimum absolute atomic E-state index is 0.278. The minimum Gasteiger partial charge on any atom is -0.507 e. The van der Waals surface area contributed by atoms with E-state index in [0.717, 1.165) is 25.3 Å². The van der Waals surface area contributed by atoms with E-state index in [2.05, 4.69) is 21.2 Å². The lowest BCUT2D eigenvalue weighted by molar-refractivity contribution is 0.0849. The molecule has 1 saturated carbocycles. The Bertz CT molecular complexity index is 420. The van der Waals surface area contributed by atoms with E-state index in [-0.39, 0.29) is 16.9 Å². The molecule has 1 aromatic carbocycles. The second-order valence-corrected chi connectivity index (χ2v) is 4.92. The number of amides is 1. The molecule has 3 nitrogen and oxygen atoms in total. The highest BCUT2D eigenvalue weighted by Crippen LogP contribution is 2.34. The number of hydrogen-bond donors (Lipinski definition) is 2. The number of phenolic OH excluding ortho intramolecular Hbond substituents is 1. The van der Waals surface area contributed by atoms with E-state index in [1.165, 1.54) is 12.1 Å². The normalized spacial score (nSPS) is 17.3. The second kappa shape index (κ2) is 4.64. The maximum atomic E-state index is 13.5. The van der Waals surface area contributed by atoms with Gasteiger partial charge in [0.1, 0.15) is 17.1 Å². The van der Waals surface area contributed by atoms with Crippen molar-refractivity contribution >= 4 is 21.8 Å². The lowest BCUT2D eigenvalue weighted by Gasteiger charge is -2.41. The number of nitrogens with one attached hydrogen (secondary N) is 1. The van der Waals surface area contributed by atoms with Gasteiger partial charge < -0.3 is 10.4 Å². The summed E-state index contributed by atoms with van der Waals surface area (Å²) < 4.78 is 13.5. The van der Waals surface area contributed by atoms with Crippen molar-refractivity contribution < 1.29 is 14.3 Å². The summed E-state index contributed by atoms with van der Waals surface area (Å²) >= 11 is 3.35. The van der Waals surface area contributed by atoms with Crippen molar-refractivity contribution in [1.29, 1.82) is 0 Å². The third-order valence-corrected chi connectivity index (χ3v) is 4.24. The van der Waals surface area contributed by atoms with Crippen LogP contribution in [0.1, 0.15) is 29.6 Å². The molecule has 0 aliphatic heterocycles. The Kier molecular flexibility index (Phi) is 3.38. The van der Waals surface area contributed by atoms with Crippen molar-refractivity contribution in [2.24, 2.45) is 0 Å². The molecule has 1 fully saturated rings. The van der Waals surface area contributed by atoms with Gasteiger partial charge in [0.05, 0.1) is 5.54 Å². The highest BCUT2D eigenvalue weighted by atomic mass is 79.9. The van der Waals surface area contributed by atoms with E-state index < -0.39 is 11.7 Å². The summed E-state index contributed by atoms with van der Waals surface area (Å²) in [5.41, 5.74) is -0.564. The number of halogens is 2. The van der Waals surface area contributed by atoms with Crippen molar-refractivity contribution in [3.05, 3.63) is 29.6 Å². The molecule has 2 N–H and O–H groups in total. The lowest BCUT2D eigenvalue weighted by Crippen LogP contribution is -2.55. The van der Waals surface area contributed by atoms with Gasteiger partial charge in [-0.2, -0.15) is 0 Å². The topological polar surface area (TPSA) is 49.3 Å². The van der Waals surface area contributed by atoms with E-state index in [9.17, 15) is 14.3 Å². The third-order valence-electron chi connectivity index (χ3n) is 3.16. The summed E-state index contributed by atoms with van der Waals surface area (Å²) in [4.78, 5) is 11.9. The Morgan fingerprint density at radius 3 is 2.71 bits per heavy atom. The van der Waals surface area contributed by atoms with Gasteiger partial charge in [0, 0.05) is 5.33 Å². The van der Waals surface area contributed by atoms with E-state index >= 15 is 0 Å². The van der Waals surface area contributed by atoms with E-state index in [1.54, 1.807) is 0 Å². The van der Waals surface area contributed by atoms with E-state index in [4.69, 9.17) is 0 Å². The van der Waals surface area contributed by atoms with Gasteiger partial charge in [-0.1, -0.05) is 22.0 Å². The molecule has 0 unspecified atom stereocenters. The molecule has 5 heteroatoms. The Morgan fingerprint density at radius 2 is 2.24 bits per heavy atom. The first-order valence-corrected chi connectivity index (χ1v) is 6.56. The average Bonchev–Trinajstić information content (AvgIpc) is 2.23. The molecule has 17 heavy (non-hydrogen) atoms. The maximum Gasteiger partial charge on any atom is 0.258 e. The van der Waals surface area contributed by atoms with Crippen LogP contribution in [0.15, 0.2) is 18.2 Å². The van der Waals surface area contributed by atoms with Crippen molar-refractivity contribution in [2.75, 3.05) is 5.33 Å². The monoisotopic (exact) mass is 301 g/mol. The zero-order valence-corrected chi connectivity index (χ0v) is 10.8. The molecule has 1 aliphatic rings. The molecule has 0 radical (unpaired) electrons. The molecule has 92 valence electrons. The zero-order chi connectivity index (χ0) is 12.5. The maximum absolute atomic E-state index is 13.5. The van der Waals surface area contributed by atoms with Crippen LogP contribution in [0.25, 0.3) is 0 Å². The summed E-state index contributed by atoms with van der Waals surface area (Å²) in [5, 5.41) is 12.9. The van der Waals surface area contributed by atoms with Crippen molar-refractivity contribution in [1.82, 2.24) is 5.32 Å². The number of phenols is 1. The van der Waals surface area contributed by atoms with Gasteiger partial charge in [0.15, 0.2) is 0 Å². The minimum atomic E-state index is -0.702. The van der Waals surface area contributed by atoms with Gasteiger partial charge in [-0.25, -0.2) is 4.39 Å². The smallest absolute Gasteiger partial charge is 0.258 e. The number of hydrogen-bond acceptors (Lipinski definition) is 2. The van der Waals surface area contributed by atoms with Crippen molar-refractivity contribution in [2.45, 2.75) is 24.8 Å². The zero-order valence-electron chi connectivity index (χ0n) is 9.17. The number of benzene rings is 1. The quantitative estimate of drug-likeness (QED) is 0.843. The Balaban J connectivity index is 2.20. The van der Waals surface area contributed by atoms with Crippen LogP contribution in [0.4, 0.5) is 4.39 Å².